The highest BCUT2D eigenvalue weighted by molar-refractivity contribution is 7.89. The van der Waals surface area contributed by atoms with Crippen LogP contribution in [0, 0.1) is 0 Å². The van der Waals surface area contributed by atoms with E-state index in [2.05, 4.69) is 10.0 Å². The number of benzene rings is 2. The predicted molar refractivity (Wildman–Crippen MR) is 100 cm³/mol. The number of amides is 1. The molecule has 0 aliphatic rings. The van der Waals surface area contributed by atoms with Crippen molar-refractivity contribution in [1.29, 1.82) is 0 Å². The zero-order chi connectivity index (χ0) is 18.7. The van der Waals surface area contributed by atoms with E-state index in [0.717, 1.165) is 5.56 Å². The van der Waals surface area contributed by atoms with Gasteiger partial charge in [0.1, 0.15) is 0 Å². The molecule has 0 spiro atoms. The summed E-state index contributed by atoms with van der Waals surface area (Å²) in [6.07, 6.45) is 0.521. The molecule has 25 heavy (non-hydrogen) atoms. The molecule has 0 aliphatic carbocycles. The second-order valence-electron chi connectivity index (χ2n) is 6.50. The summed E-state index contributed by atoms with van der Waals surface area (Å²) < 4.78 is 27.9. The number of hydrogen-bond acceptors (Lipinski definition) is 3. The molecule has 0 atom stereocenters. The number of hydrogen-bond donors (Lipinski definition) is 2. The van der Waals surface area contributed by atoms with Gasteiger partial charge in [-0.15, -0.1) is 0 Å². The zero-order valence-electron chi connectivity index (χ0n) is 14.3. The Hall–Kier alpha value is -1.89. The van der Waals surface area contributed by atoms with Crippen LogP contribution in [0.15, 0.2) is 53.4 Å². The molecule has 0 aromatic heterocycles. The third kappa shape index (κ3) is 5.85. The maximum Gasteiger partial charge on any atom is 0.241 e. The minimum atomic E-state index is -3.68. The van der Waals surface area contributed by atoms with Gasteiger partial charge in [0.2, 0.25) is 15.9 Å². The lowest BCUT2D eigenvalue weighted by atomic mass is 9.96. The van der Waals surface area contributed by atoms with E-state index in [1.807, 2.05) is 26.0 Å². The van der Waals surface area contributed by atoms with Gasteiger partial charge in [0, 0.05) is 23.2 Å². The minimum Gasteiger partial charge on any atom is -0.326 e. The Labute approximate surface area is 153 Å². The largest absolute Gasteiger partial charge is 0.326 e. The van der Waals surface area contributed by atoms with Gasteiger partial charge in [0.05, 0.1) is 4.90 Å². The smallest absolute Gasteiger partial charge is 0.241 e. The molecule has 0 saturated carbocycles. The van der Waals surface area contributed by atoms with Crippen LogP contribution >= 0.6 is 11.6 Å². The Kier molecular flexibility index (Phi) is 5.87. The topological polar surface area (TPSA) is 75.3 Å². The van der Waals surface area contributed by atoms with Crippen LogP contribution in [0.25, 0.3) is 0 Å². The highest BCUT2D eigenvalue weighted by Crippen LogP contribution is 2.20. The SMILES string of the molecule is CC(=O)Nc1ccc(S(=O)(=O)NC(C)(C)Cc2ccc(Cl)cc2)cc1. The number of halogens is 1. The van der Waals surface area contributed by atoms with Crippen molar-refractivity contribution in [3.05, 3.63) is 59.1 Å². The maximum atomic E-state index is 12.6. The van der Waals surface area contributed by atoms with Gasteiger partial charge in [-0.3, -0.25) is 4.79 Å². The number of nitrogens with one attached hydrogen (secondary N) is 2. The molecular weight excluding hydrogens is 360 g/mol. The van der Waals surface area contributed by atoms with Gasteiger partial charge < -0.3 is 5.32 Å². The third-order valence-corrected chi connectivity index (χ3v) is 5.42. The van der Waals surface area contributed by atoms with Crippen LogP contribution in [0.5, 0.6) is 0 Å². The van der Waals surface area contributed by atoms with Crippen LogP contribution in [-0.2, 0) is 21.2 Å². The lowest BCUT2D eigenvalue weighted by Crippen LogP contribution is -2.44. The average Bonchev–Trinajstić information content (AvgIpc) is 2.48. The predicted octanol–water partition coefficient (Wildman–Crippen LogP) is 3.60. The van der Waals surface area contributed by atoms with Gasteiger partial charge in [-0.05, 0) is 62.2 Å². The fourth-order valence-electron chi connectivity index (χ4n) is 2.49. The molecule has 0 radical (unpaired) electrons. The van der Waals surface area contributed by atoms with E-state index >= 15 is 0 Å². The van der Waals surface area contributed by atoms with Crippen molar-refractivity contribution in [2.24, 2.45) is 0 Å². The summed E-state index contributed by atoms with van der Waals surface area (Å²) in [6, 6.07) is 13.4. The highest BCUT2D eigenvalue weighted by atomic mass is 35.5. The Balaban J connectivity index is 2.13. The molecule has 0 saturated heterocycles. The highest BCUT2D eigenvalue weighted by Gasteiger charge is 2.26. The van der Waals surface area contributed by atoms with Gasteiger partial charge in [-0.2, -0.15) is 0 Å². The molecule has 0 unspecified atom stereocenters. The van der Waals surface area contributed by atoms with Crippen molar-refractivity contribution in [2.45, 2.75) is 37.6 Å². The van der Waals surface area contributed by atoms with Gasteiger partial charge in [-0.25, -0.2) is 13.1 Å². The normalized spacial score (nSPS) is 12.0. The fraction of sp³-hybridized carbons (Fsp3) is 0.278. The van der Waals surface area contributed by atoms with Crippen molar-refractivity contribution in [2.75, 3.05) is 5.32 Å². The minimum absolute atomic E-state index is 0.144. The summed E-state index contributed by atoms with van der Waals surface area (Å²) in [5.74, 6) is -0.210. The molecule has 0 fully saturated rings. The Morgan fingerprint density at radius 1 is 1.04 bits per heavy atom. The lowest BCUT2D eigenvalue weighted by Gasteiger charge is -2.26. The summed E-state index contributed by atoms with van der Waals surface area (Å²) in [5.41, 5.74) is 0.855. The van der Waals surface area contributed by atoms with E-state index in [4.69, 9.17) is 11.6 Å². The van der Waals surface area contributed by atoms with E-state index in [9.17, 15) is 13.2 Å². The Morgan fingerprint density at radius 3 is 2.12 bits per heavy atom. The quantitative estimate of drug-likeness (QED) is 0.803. The molecule has 2 rings (SSSR count). The summed E-state index contributed by atoms with van der Waals surface area (Å²) in [5, 5.41) is 3.24. The van der Waals surface area contributed by atoms with Crippen LogP contribution in [0.1, 0.15) is 26.3 Å². The molecule has 2 aromatic rings. The molecule has 2 aromatic carbocycles. The Morgan fingerprint density at radius 2 is 1.60 bits per heavy atom. The number of anilines is 1. The summed E-state index contributed by atoms with van der Waals surface area (Å²) in [6.45, 7) is 5.04. The second kappa shape index (κ2) is 7.56. The summed E-state index contributed by atoms with van der Waals surface area (Å²) in [4.78, 5) is 11.2. The monoisotopic (exact) mass is 380 g/mol. The first kappa shape index (κ1) is 19.4. The second-order valence-corrected chi connectivity index (χ2v) is 8.62. The average molecular weight is 381 g/mol. The van der Waals surface area contributed by atoms with E-state index in [1.165, 1.54) is 19.1 Å². The first-order valence-corrected chi connectivity index (χ1v) is 9.60. The van der Waals surface area contributed by atoms with Crippen molar-refractivity contribution >= 4 is 33.2 Å². The lowest BCUT2D eigenvalue weighted by molar-refractivity contribution is -0.114. The molecule has 7 heteroatoms. The molecule has 0 heterocycles. The van der Waals surface area contributed by atoms with E-state index in [0.29, 0.717) is 17.1 Å². The maximum absolute atomic E-state index is 12.6. The van der Waals surface area contributed by atoms with Crippen molar-refractivity contribution in [3.8, 4) is 0 Å². The number of carbonyl (C=O) groups is 1. The van der Waals surface area contributed by atoms with E-state index in [1.54, 1.807) is 24.3 Å². The van der Waals surface area contributed by atoms with Crippen LogP contribution in [0.2, 0.25) is 5.02 Å². The first-order valence-electron chi connectivity index (χ1n) is 7.73. The number of carbonyl (C=O) groups excluding carboxylic acids is 1. The number of rotatable bonds is 6. The first-order chi connectivity index (χ1) is 11.6. The van der Waals surface area contributed by atoms with Crippen LogP contribution in [-0.4, -0.2) is 19.9 Å². The summed E-state index contributed by atoms with van der Waals surface area (Å²) in [7, 11) is -3.68. The zero-order valence-corrected chi connectivity index (χ0v) is 15.9. The molecular formula is C18H21ClN2O3S. The van der Waals surface area contributed by atoms with Crippen LogP contribution in [0.4, 0.5) is 5.69 Å². The number of sulfonamides is 1. The third-order valence-electron chi connectivity index (χ3n) is 3.45. The molecule has 0 aliphatic heterocycles. The van der Waals surface area contributed by atoms with Crippen molar-refractivity contribution in [1.82, 2.24) is 4.72 Å². The van der Waals surface area contributed by atoms with E-state index in [-0.39, 0.29) is 10.8 Å². The molecule has 0 bridgehead atoms. The summed E-state index contributed by atoms with van der Waals surface area (Å²) >= 11 is 5.88. The molecule has 134 valence electrons. The van der Waals surface area contributed by atoms with Crippen LogP contribution in [0.3, 0.4) is 0 Å². The molecule has 1 amide bonds. The van der Waals surface area contributed by atoms with Crippen molar-refractivity contribution in [3.63, 3.8) is 0 Å². The standard InChI is InChI=1S/C18H21ClN2O3S/c1-13(22)20-16-8-10-17(11-9-16)25(23,24)21-18(2,3)12-14-4-6-15(19)7-5-14/h4-11,21H,12H2,1-3H3,(H,20,22). The van der Waals surface area contributed by atoms with Gasteiger partial charge in [-0.1, -0.05) is 23.7 Å². The van der Waals surface area contributed by atoms with Gasteiger partial charge in [0.15, 0.2) is 0 Å². The van der Waals surface area contributed by atoms with Crippen molar-refractivity contribution < 1.29 is 13.2 Å². The van der Waals surface area contributed by atoms with E-state index < -0.39 is 15.6 Å². The van der Waals surface area contributed by atoms with Gasteiger partial charge >= 0.3 is 0 Å². The Bertz CT molecular complexity index is 845. The van der Waals surface area contributed by atoms with Gasteiger partial charge in [0.25, 0.3) is 0 Å². The van der Waals surface area contributed by atoms with Crippen LogP contribution < -0.4 is 10.0 Å². The molecule has 2 N–H and O–H groups in total. The molecule has 5 nitrogen and oxygen atoms in total. The fourth-order valence-corrected chi connectivity index (χ4v) is 4.03.